The van der Waals surface area contributed by atoms with Gasteiger partial charge in [-0.15, -0.1) is 0 Å². The van der Waals surface area contributed by atoms with Crippen LogP contribution in [0.25, 0.3) is 11.3 Å². The van der Waals surface area contributed by atoms with Gasteiger partial charge in [-0.05, 0) is 64.0 Å². The predicted molar refractivity (Wildman–Crippen MR) is 133 cm³/mol. The third kappa shape index (κ3) is 8.55. The largest absolute Gasteiger partial charge is 0.333 e. The highest BCUT2D eigenvalue weighted by Crippen LogP contribution is 2.33. The molecule has 3 rings (SSSR count). The second kappa shape index (κ2) is 15.0. The molecule has 8 nitrogen and oxygen atoms in total. The first kappa shape index (κ1) is 30.1. The van der Waals surface area contributed by atoms with Gasteiger partial charge in [-0.25, -0.2) is 8.78 Å². The van der Waals surface area contributed by atoms with Gasteiger partial charge in [0.25, 0.3) is 10.2 Å². The number of hydrogen-bond acceptors (Lipinski definition) is 5. The number of nitrogens with zero attached hydrogens (tertiary/aromatic N) is 2. The van der Waals surface area contributed by atoms with Crippen LogP contribution in [0.4, 0.5) is 8.78 Å². The maximum absolute atomic E-state index is 13.4. The molecule has 0 radical (unpaired) electrons. The van der Waals surface area contributed by atoms with Gasteiger partial charge in [-0.2, -0.15) is 22.5 Å². The molecule has 6 N–H and O–H groups in total. The van der Waals surface area contributed by atoms with Gasteiger partial charge in [0, 0.05) is 41.6 Å². The molecule has 1 heterocycles. The molecule has 1 saturated carbocycles. The average molecular weight is 483 g/mol. The molecular formula is C21H44F2N6O2S. The van der Waals surface area contributed by atoms with Crippen LogP contribution in [0.15, 0.2) is 24.3 Å². The van der Waals surface area contributed by atoms with Crippen LogP contribution in [-0.2, 0) is 10.2 Å². The fraction of sp³-hybridized carbons (Fsp3) is 0.571. The third-order valence-corrected chi connectivity index (χ3v) is 6.37. The highest BCUT2D eigenvalue weighted by Gasteiger charge is 2.27. The minimum Gasteiger partial charge on any atom is -0.333 e. The summed E-state index contributed by atoms with van der Waals surface area (Å²) in [6.07, 6.45) is 3.11. The van der Waals surface area contributed by atoms with Crippen molar-refractivity contribution in [2.75, 3.05) is 28.2 Å². The number of hydrogen-bond donors (Lipinski definition) is 4. The summed E-state index contributed by atoms with van der Waals surface area (Å²) in [7, 11) is 2.57. The van der Waals surface area contributed by atoms with Crippen LogP contribution in [0, 0.1) is 11.6 Å². The minimum absolute atomic E-state index is 0. The molecule has 0 saturated heterocycles. The van der Waals surface area contributed by atoms with Crippen molar-refractivity contribution < 1.29 is 21.5 Å². The van der Waals surface area contributed by atoms with Gasteiger partial charge in [-0.1, -0.05) is 13.8 Å². The Morgan fingerprint density at radius 3 is 2.09 bits per heavy atom. The summed E-state index contributed by atoms with van der Waals surface area (Å²) in [5.74, 6) is -1.55. The molecule has 190 valence electrons. The van der Waals surface area contributed by atoms with Crippen molar-refractivity contribution in [1.29, 1.82) is 0 Å². The number of nitrogens with two attached hydrogens (primary N) is 2. The number of H-pyrrole nitrogens is 1. The van der Waals surface area contributed by atoms with Crippen LogP contribution in [-0.4, -0.2) is 57.2 Å². The summed E-state index contributed by atoms with van der Waals surface area (Å²) in [6, 6.07) is 5.48. The van der Waals surface area contributed by atoms with Crippen molar-refractivity contribution in [3.8, 4) is 11.3 Å². The van der Waals surface area contributed by atoms with E-state index in [1.807, 2.05) is 19.9 Å². The van der Waals surface area contributed by atoms with Crippen LogP contribution in [0.5, 0.6) is 0 Å². The summed E-state index contributed by atoms with van der Waals surface area (Å²) in [5, 5.41) is 7.18. The molecule has 1 aliphatic carbocycles. The fourth-order valence-electron chi connectivity index (χ4n) is 3.19. The smallest absolute Gasteiger partial charge is 0.279 e. The Morgan fingerprint density at radius 1 is 1.03 bits per heavy atom. The number of benzene rings is 1. The molecule has 0 amide bonds. The van der Waals surface area contributed by atoms with E-state index in [0.717, 1.165) is 43.5 Å². The standard InChI is InChI=1S/C17H22F2N4O2S.C2H6.2CH5N.3H2/c1-23(2)26(24,25)22-13-6-3-11(4-7-13)16-10-17(21-20-16)12-5-8-14(18)15(19)9-12;3*1-2;;;/h5,8-11,13,22H,3-4,6-7H2,1-2H3,(H,20,21);1-2H3;2*2H2,1H3;3*1H. The molecular weight excluding hydrogens is 438 g/mol. The summed E-state index contributed by atoms with van der Waals surface area (Å²) in [6.45, 7) is 4.00. The summed E-state index contributed by atoms with van der Waals surface area (Å²) in [4.78, 5) is 0. The lowest BCUT2D eigenvalue weighted by Gasteiger charge is -2.29. The molecule has 32 heavy (non-hydrogen) atoms. The van der Waals surface area contributed by atoms with Crippen LogP contribution >= 0.6 is 0 Å². The monoisotopic (exact) mass is 482 g/mol. The van der Waals surface area contributed by atoms with Crippen molar-refractivity contribution in [2.45, 2.75) is 51.5 Å². The fourth-order valence-corrected chi connectivity index (χ4v) is 4.06. The van der Waals surface area contributed by atoms with Gasteiger partial charge in [0.05, 0.1) is 5.69 Å². The van der Waals surface area contributed by atoms with Crippen LogP contribution in [0.3, 0.4) is 0 Å². The van der Waals surface area contributed by atoms with Crippen LogP contribution < -0.4 is 16.2 Å². The number of rotatable bonds is 5. The lowest BCUT2D eigenvalue weighted by atomic mass is 9.84. The first-order valence-corrected chi connectivity index (χ1v) is 12.1. The first-order valence-electron chi connectivity index (χ1n) is 10.6. The molecule has 1 aromatic heterocycles. The SMILES string of the molecule is CC.CN.CN.CN(C)S(=O)(=O)NC1CCC(c2cc(-c3ccc(F)c(F)c3)n[nH]2)CC1.[HH].[HH].[HH]. The number of aromatic amines is 1. The molecule has 2 aromatic rings. The molecule has 0 atom stereocenters. The van der Waals surface area contributed by atoms with E-state index in [9.17, 15) is 17.2 Å². The summed E-state index contributed by atoms with van der Waals surface area (Å²) >= 11 is 0. The molecule has 0 bridgehead atoms. The topological polar surface area (TPSA) is 130 Å². The van der Waals surface area contributed by atoms with Crippen molar-refractivity contribution in [3.63, 3.8) is 0 Å². The zero-order valence-electron chi connectivity index (χ0n) is 19.8. The zero-order valence-corrected chi connectivity index (χ0v) is 20.6. The van der Waals surface area contributed by atoms with Gasteiger partial charge in [-0.3, -0.25) is 5.10 Å². The number of halogens is 2. The molecule has 1 aliphatic rings. The Labute approximate surface area is 195 Å². The highest BCUT2D eigenvalue weighted by molar-refractivity contribution is 7.87. The normalized spacial score (nSPS) is 17.8. The minimum atomic E-state index is -3.42. The molecule has 11 heteroatoms. The second-order valence-corrected chi connectivity index (χ2v) is 8.71. The third-order valence-electron chi connectivity index (χ3n) is 4.78. The average Bonchev–Trinajstić information content (AvgIpc) is 3.30. The maximum atomic E-state index is 13.4. The van der Waals surface area contributed by atoms with E-state index in [2.05, 4.69) is 26.4 Å². The zero-order chi connectivity index (χ0) is 24.9. The van der Waals surface area contributed by atoms with Gasteiger partial charge in [0.1, 0.15) is 0 Å². The summed E-state index contributed by atoms with van der Waals surface area (Å²) < 4.78 is 54.1. The van der Waals surface area contributed by atoms with Gasteiger partial charge in [0.15, 0.2) is 11.6 Å². The van der Waals surface area contributed by atoms with Gasteiger partial charge >= 0.3 is 0 Å². The van der Waals surface area contributed by atoms with E-state index in [-0.39, 0.29) is 16.2 Å². The lowest BCUT2D eigenvalue weighted by molar-refractivity contribution is 0.363. The van der Waals surface area contributed by atoms with E-state index in [1.54, 1.807) is 0 Å². The Morgan fingerprint density at radius 2 is 1.59 bits per heavy atom. The maximum Gasteiger partial charge on any atom is 0.279 e. The Balaban J connectivity index is -0.000000496. The quantitative estimate of drug-likeness (QED) is 0.516. The molecule has 1 aromatic carbocycles. The lowest BCUT2D eigenvalue weighted by Crippen LogP contribution is -2.43. The second-order valence-electron chi connectivity index (χ2n) is 6.79. The Kier molecular flexibility index (Phi) is 14.1. The molecule has 0 spiro atoms. The predicted octanol–water partition coefficient (Wildman–Crippen LogP) is 3.69. The van der Waals surface area contributed by atoms with Gasteiger partial charge < -0.3 is 11.5 Å². The van der Waals surface area contributed by atoms with E-state index in [4.69, 9.17) is 0 Å². The molecule has 0 unspecified atom stereocenters. The van der Waals surface area contributed by atoms with Crippen molar-refractivity contribution >= 4 is 10.2 Å². The van der Waals surface area contributed by atoms with E-state index < -0.39 is 21.8 Å². The van der Waals surface area contributed by atoms with Crippen molar-refractivity contribution in [1.82, 2.24) is 19.2 Å². The van der Waals surface area contributed by atoms with E-state index >= 15 is 0 Å². The first-order chi connectivity index (χ1) is 15.3. The van der Waals surface area contributed by atoms with Crippen LogP contribution in [0.1, 0.15) is 55.4 Å². The van der Waals surface area contributed by atoms with Crippen molar-refractivity contribution in [2.24, 2.45) is 11.5 Å². The molecule has 1 fully saturated rings. The van der Waals surface area contributed by atoms with E-state index in [1.165, 1.54) is 38.6 Å². The van der Waals surface area contributed by atoms with Crippen molar-refractivity contribution in [3.05, 3.63) is 41.6 Å². The highest BCUT2D eigenvalue weighted by atomic mass is 32.2. The Bertz CT molecular complexity index is 897. The molecule has 0 aliphatic heterocycles. The summed E-state index contributed by atoms with van der Waals surface area (Å²) in [5.41, 5.74) is 11.0. The van der Waals surface area contributed by atoms with E-state index in [0.29, 0.717) is 11.3 Å². The number of nitrogens with one attached hydrogen (secondary N) is 2. The Hall–Kier alpha value is -1.92. The van der Waals surface area contributed by atoms with Crippen LogP contribution in [0.2, 0.25) is 0 Å². The van der Waals surface area contributed by atoms with Gasteiger partial charge in [0.2, 0.25) is 0 Å². The number of aromatic nitrogens is 2.